The van der Waals surface area contributed by atoms with Crippen LogP contribution >= 0.6 is 0 Å². The topological polar surface area (TPSA) is 41.6 Å². The number of carbonyl (C=O) groups is 1. The van der Waals surface area contributed by atoms with E-state index in [-0.39, 0.29) is 6.09 Å². The van der Waals surface area contributed by atoms with Crippen molar-refractivity contribution in [2.45, 2.75) is 26.8 Å². The number of nitrogens with one attached hydrogen (secondary N) is 1. The van der Waals surface area contributed by atoms with Gasteiger partial charge in [-0.25, -0.2) is 4.79 Å². The molecular formula is C10H20N2O2. The van der Waals surface area contributed by atoms with Crippen molar-refractivity contribution in [3.63, 3.8) is 0 Å². The number of carbonyl (C=O) groups excluding carboxylic acids is 1. The van der Waals surface area contributed by atoms with Crippen LogP contribution in [0.5, 0.6) is 0 Å². The summed E-state index contributed by atoms with van der Waals surface area (Å²) in [5.74, 6) is 0.548. The second-order valence-corrected chi connectivity index (χ2v) is 3.95. The molecule has 1 fully saturated rings. The van der Waals surface area contributed by atoms with Crippen LogP contribution in [0.2, 0.25) is 0 Å². The van der Waals surface area contributed by atoms with Crippen molar-refractivity contribution in [2.24, 2.45) is 5.92 Å². The Bertz CT molecular complexity index is 195. The maximum Gasteiger partial charge on any atom is 0.409 e. The normalized spacial score (nSPS) is 22.6. The Morgan fingerprint density at radius 2 is 2.36 bits per heavy atom. The number of rotatable bonds is 2. The molecule has 0 radical (unpaired) electrons. The Kier molecular flexibility index (Phi) is 4.20. The van der Waals surface area contributed by atoms with Crippen LogP contribution in [0.1, 0.15) is 20.8 Å². The second-order valence-electron chi connectivity index (χ2n) is 3.95. The third kappa shape index (κ3) is 2.87. The summed E-state index contributed by atoms with van der Waals surface area (Å²) in [5.41, 5.74) is 0. The predicted molar refractivity (Wildman–Crippen MR) is 55.2 cm³/mol. The van der Waals surface area contributed by atoms with Crippen molar-refractivity contribution in [1.82, 2.24) is 10.2 Å². The van der Waals surface area contributed by atoms with E-state index >= 15 is 0 Å². The fraction of sp³-hybridized carbons (Fsp3) is 0.900. The summed E-state index contributed by atoms with van der Waals surface area (Å²) in [6, 6.07) is 0.396. The smallest absolute Gasteiger partial charge is 0.409 e. The van der Waals surface area contributed by atoms with E-state index in [2.05, 4.69) is 19.2 Å². The zero-order valence-corrected chi connectivity index (χ0v) is 9.25. The van der Waals surface area contributed by atoms with Gasteiger partial charge in [-0.1, -0.05) is 13.8 Å². The van der Waals surface area contributed by atoms with E-state index in [1.165, 1.54) is 0 Å². The van der Waals surface area contributed by atoms with E-state index in [1.807, 2.05) is 6.92 Å². The van der Waals surface area contributed by atoms with Crippen LogP contribution in [-0.4, -0.2) is 43.3 Å². The van der Waals surface area contributed by atoms with E-state index in [4.69, 9.17) is 4.74 Å². The van der Waals surface area contributed by atoms with Gasteiger partial charge in [0.25, 0.3) is 0 Å². The van der Waals surface area contributed by atoms with Gasteiger partial charge in [0.05, 0.1) is 6.61 Å². The van der Waals surface area contributed by atoms with Gasteiger partial charge in [-0.2, -0.15) is 0 Å². The average molecular weight is 200 g/mol. The van der Waals surface area contributed by atoms with Crippen LogP contribution in [0.15, 0.2) is 0 Å². The third-order valence-corrected chi connectivity index (χ3v) is 2.54. The number of hydrogen-bond acceptors (Lipinski definition) is 3. The molecule has 0 aromatic carbocycles. The molecule has 0 aromatic heterocycles. The van der Waals surface area contributed by atoms with Crippen LogP contribution in [0.3, 0.4) is 0 Å². The molecule has 4 heteroatoms. The van der Waals surface area contributed by atoms with Crippen molar-refractivity contribution < 1.29 is 9.53 Å². The van der Waals surface area contributed by atoms with Crippen LogP contribution in [0, 0.1) is 5.92 Å². The zero-order valence-electron chi connectivity index (χ0n) is 9.25. The van der Waals surface area contributed by atoms with E-state index in [0.717, 1.165) is 19.6 Å². The molecule has 1 aliphatic rings. The van der Waals surface area contributed by atoms with Crippen molar-refractivity contribution in [3.05, 3.63) is 0 Å². The number of piperazine rings is 1. The molecule has 0 spiro atoms. The first-order valence-corrected chi connectivity index (χ1v) is 5.30. The average Bonchev–Trinajstić information content (AvgIpc) is 2.18. The minimum Gasteiger partial charge on any atom is -0.450 e. The highest BCUT2D eigenvalue weighted by molar-refractivity contribution is 5.67. The summed E-state index contributed by atoms with van der Waals surface area (Å²) in [6.45, 7) is 8.98. The zero-order chi connectivity index (χ0) is 10.6. The summed E-state index contributed by atoms with van der Waals surface area (Å²) in [7, 11) is 0. The maximum absolute atomic E-state index is 11.4. The molecule has 0 bridgehead atoms. The lowest BCUT2D eigenvalue weighted by Gasteiger charge is -2.34. The van der Waals surface area contributed by atoms with E-state index in [0.29, 0.717) is 18.6 Å². The van der Waals surface area contributed by atoms with Gasteiger partial charge >= 0.3 is 6.09 Å². The van der Waals surface area contributed by atoms with Gasteiger partial charge in [-0.3, -0.25) is 0 Å². The standard InChI is InChI=1S/C10H20N2O2/c1-4-14-10(13)12-6-5-11-9(7-12)8(2)3/h8-9,11H,4-7H2,1-3H3. The molecule has 82 valence electrons. The molecule has 1 unspecified atom stereocenters. The summed E-state index contributed by atoms with van der Waals surface area (Å²) < 4.78 is 4.97. The van der Waals surface area contributed by atoms with Gasteiger partial charge in [0, 0.05) is 25.7 Å². The Morgan fingerprint density at radius 3 is 2.93 bits per heavy atom. The summed E-state index contributed by atoms with van der Waals surface area (Å²) in [6.07, 6.45) is -0.181. The Morgan fingerprint density at radius 1 is 1.64 bits per heavy atom. The van der Waals surface area contributed by atoms with Gasteiger partial charge in [0.15, 0.2) is 0 Å². The second kappa shape index (κ2) is 5.20. The van der Waals surface area contributed by atoms with Gasteiger partial charge in [0.1, 0.15) is 0 Å². The maximum atomic E-state index is 11.4. The van der Waals surface area contributed by atoms with Gasteiger partial charge in [-0.15, -0.1) is 0 Å². The van der Waals surface area contributed by atoms with Crippen molar-refractivity contribution in [3.8, 4) is 0 Å². The molecule has 1 saturated heterocycles. The van der Waals surface area contributed by atoms with Crippen molar-refractivity contribution >= 4 is 6.09 Å². The lowest BCUT2D eigenvalue weighted by Crippen LogP contribution is -2.54. The largest absolute Gasteiger partial charge is 0.450 e. The lowest BCUT2D eigenvalue weighted by molar-refractivity contribution is 0.0902. The van der Waals surface area contributed by atoms with Gasteiger partial charge < -0.3 is 15.0 Å². The Balaban J connectivity index is 2.43. The van der Waals surface area contributed by atoms with Crippen LogP contribution < -0.4 is 5.32 Å². The lowest BCUT2D eigenvalue weighted by atomic mass is 10.0. The van der Waals surface area contributed by atoms with Gasteiger partial charge in [-0.05, 0) is 12.8 Å². The number of amides is 1. The molecule has 1 rings (SSSR count). The first kappa shape index (κ1) is 11.3. The first-order chi connectivity index (χ1) is 6.65. The highest BCUT2D eigenvalue weighted by Gasteiger charge is 2.25. The Labute approximate surface area is 85.6 Å². The summed E-state index contributed by atoms with van der Waals surface area (Å²) >= 11 is 0. The highest BCUT2D eigenvalue weighted by Crippen LogP contribution is 2.08. The molecule has 1 N–H and O–H groups in total. The van der Waals surface area contributed by atoms with E-state index in [9.17, 15) is 4.79 Å². The molecule has 4 nitrogen and oxygen atoms in total. The van der Waals surface area contributed by atoms with E-state index < -0.39 is 0 Å². The molecule has 0 aliphatic carbocycles. The van der Waals surface area contributed by atoms with Crippen LogP contribution in [0.25, 0.3) is 0 Å². The molecule has 1 heterocycles. The van der Waals surface area contributed by atoms with Crippen molar-refractivity contribution in [2.75, 3.05) is 26.2 Å². The Hall–Kier alpha value is -0.770. The fourth-order valence-corrected chi connectivity index (χ4v) is 1.61. The number of nitrogens with zero attached hydrogens (tertiary/aromatic N) is 1. The number of ether oxygens (including phenoxy) is 1. The van der Waals surface area contributed by atoms with Gasteiger partial charge in [0.2, 0.25) is 0 Å². The van der Waals surface area contributed by atoms with E-state index in [1.54, 1.807) is 4.90 Å². The quantitative estimate of drug-likeness (QED) is 0.725. The molecule has 0 saturated carbocycles. The van der Waals surface area contributed by atoms with Crippen molar-refractivity contribution in [1.29, 1.82) is 0 Å². The predicted octanol–water partition coefficient (Wildman–Crippen LogP) is 1.07. The SMILES string of the molecule is CCOC(=O)N1CCNC(C(C)C)C1. The summed E-state index contributed by atoms with van der Waals surface area (Å²) in [4.78, 5) is 13.2. The third-order valence-electron chi connectivity index (χ3n) is 2.54. The minimum absolute atomic E-state index is 0.181. The molecule has 1 atom stereocenters. The molecule has 0 aromatic rings. The van der Waals surface area contributed by atoms with Crippen LogP contribution in [-0.2, 0) is 4.74 Å². The highest BCUT2D eigenvalue weighted by atomic mass is 16.6. The first-order valence-electron chi connectivity index (χ1n) is 5.30. The molecular weight excluding hydrogens is 180 g/mol. The van der Waals surface area contributed by atoms with Crippen LogP contribution in [0.4, 0.5) is 4.79 Å². The molecule has 1 aliphatic heterocycles. The summed E-state index contributed by atoms with van der Waals surface area (Å²) in [5, 5.41) is 3.40. The fourth-order valence-electron chi connectivity index (χ4n) is 1.61. The monoisotopic (exact) mass is 200 g/mol. The molecule has 1 amide bonds. The molecule has 14 heavy (non-hydrogen) atoms. The number of hydrogen-bond donors (Lipinski definition) is 1. The minimum atomic E-state index is -0.181.